The van der Waals surface area contributed by atoms with Crippen molar-refractivity contribution in [1.82, 2.24) is 0 Å². The molecule has 0 saturated heterocycles. The second-order valence-electron chi connectivity index (χ2n) is 0. The van der Waals surface area contributed by atoms with Crippen molar-refractivity contribution >= 4 is 41.3 Å². The quantitative estimate of drug-likeness (QED) is 0.449. The van der Waals surface area contributed by atoms with Gasteiger partial charge in [0.25, 0.3) is 0 Å². The maximum atomic E-state index is 0. The standard InChI is InChI=1S/Ag.Al.Ni.Sn.5H. The van der Waals surface area contributed by atoms with Gasteiger partial charge >= 0.3 is 23.9 Å². The first-order valence-electron chi connectivity index (χ1n) is 0. The van der Waals surface area contributed by atoms with Crippen LogP contribution in [0.5, 0.6) is 0 Å². The van der Waals surface area contributed by atoms with Gasteiger partial charge in [-0.3, -0.25) is 0 Å². The normalized spacial score (nSPS) is 0. The second-order valence-corrected chi connectivity index (χ2v) is 0. The van der Waals surface area contributed by atoms with Crippen molar-refractivity contribution in [3.8, 4) is 0 Å². The van der Waals surface area contributed by atoms with Gasteiger partial charge in [0.1, 0.15) is 0 Å². The van der Waals surface area contributed by atoms with E-state index in [1.807, 2.05) is 0 Å². The Hall–Kier alpha value is 2.56. The van der Waals surface area contributed by atoms with E-state index in [1.165, 1.54) is 0 Å². The summed E-state index contributed by atoms with van der Waals surface area (Å²) in [5.74, 6) is 0. The van der Waals surface area contributed by atoms with Gasteiger partial charge < -0.3 is 0 Å². The summed E-state index contributed by atoms with van der Waals surface area (Å²) in [5.41, 5.74) is 0. The summed E-state index contributed by atoms with van der Waals surface area (Å²) < 4.78 is 0. The van der Waals surface area contributed by atoms with Crippen LogP contribution in [0.3, 0.4) is 0 Å². The molecule has 0 aromatic carbocycles. The van der Waals surface area contributed by atoms with Gasteiger partial charge in [0.05, 0.1) is 0 Å². The third-order valence-electron chi connectivity index (χ3n) is 0. The first kappa shape index (κ1) is 30.9. The van der Waals surface area contributed by atoms with Crippen molar-refractivity contribution in [1.29, 1.82) is 0 Å². The van der Waals surface area contributed by atoms with Gasteiger partial charge in [-0.2, -0.15) is 0 Å². The average Bonchev–Trinajstić information content (AvgIpc) is 0. The van der Waals surface area contributed by atoms with E-state index in [1.54, 1.807) is 0 Å². The van der Waals surface area contributed by atoms with Crippen molar-refractivity contribution < 1.29 is 38.9 Å². The van der Waals surface area contributed by atoms with E-state index >= 15 is 0 Å². The topological polar surface area (TPSA) is 0 Å². The van der Waals surface area contributed by atoms with Crippen LogP contribution in [-0.4, -0.2) is 41.3 Å². The predicted octanol–water partition coefficient (Wildman–Crippen LogP) is -2.11. The Labute approximate surface area is 79.0 Å². The number of hydrogen-bond acceptors (Lipinski definition) is 0. The monoisotopic (exact) mass is 317 g/mol. The Balaban J connectivity index is 0. The molecule has 4 heteroatoms. The molecular formula is H5AgAlNiSn. The molecule has 0 aliphatic carbocycles. The summed E-state index contributed by atoms with van der Waals surface area (Å²) in [6.07, 6.45) is 0. The minimum atomic E-state index is 0. The molecular weight excluding hydrogens is 312 g/mol. The molecule has 0 nitrogen and oxygen atoms in total. The Morgan fingerprint density at radius 2 is 1.00 bits per heavy atom. The molecule has 0 aromatic rings. The molecule has 0 unspecified atom stereocenters. The second kappa shape index (κ2) is 17.6. The Bertz CT molecular complexity index is 8.00. The van der Waals surface area contributed by atoms with Crippen LogP contribution < -0.4 is 0 Å². The Kier molecular flexibility index (Phi) is 136. The number of hydrogen-bond donors (Lipinski definition) is 0. The van der Waals surface area contributed by atoms with Crippen LogP contribution in [0.4, 0.5) is 0 Å². The van der Waals surface area contributed by atoms with Crippen LogP contribution >= 0.6 is 0 Å². The van der Waals surface area contributed by atoms with Gasteiger partial charge in [0.15, 0.2) is 17.4 Å². The molecule has 0 atom stereocenters. The molecule has 0 fully saturated rings. The summed E-state index contributed by atoms with van der Waals surface area (Å²) >= 11 is 0. The van der Waals surface area contributed by atoms with Crippen molar-refractivity contribution in [2.75, 3.05) is 0 Å². The van der Waals surface area contributed by atoms with E-state index in [4.69, 9.17) is 0 Å². The first-order valence-corrected chi connectivity index (χ1v) is 0. The van der Waals surface area contributed by atoms with Gasteiger partial charge in [0, 0.05) is 38.9 Å². The molecule has 0 amide bonds. The molecule has 33 valence electrons. The molecule has 3 radical (unpaired) electrons. The fourth-order valence-corrected chi connectivity index (χ4v) is 0. The molecule has 0 bridgehead atoms. The summed E-state index contributed by atoms with van der Waals surface area (Å²) in [5, 5.41) is 0. The zero-order chi connectivity index (χ0) is 0. The van der Waals surface area contributed by atoms with Gasteiger partial charge in [-0.15, -0.1) is 0 Å². The first-order chi connectivity index (χ1) is 0. The van der Waals surface area contributed by atoms with Crippen molar-refractivity contribution in [3.63, 3.8) is 0 Å². The van der Waals surface area contributed by atoms with Crippen LogP contribution in [0.15, 0.2) is 0 Å². The fraction of sp³-hybridized carbons (Fsp3) is 0. The van der Waals surface area contributed by atoms with Crippen molar-refractivity contribution in [3.05, 3.63) is 0 Å². The molecule has 0 rings (SSSR count). The third-order valence-corrected chi connectivity index (χ3v) is 0. The van der Waals surface area contributed by atoms with Gasteiger partial charge in [-0.25, -0.2) is 0 Å². The molecule has 0 N–H and O–H groups in total. The van der Waals surface area contributed by atoms with E-state index in [0.29, 0.717) is 0 Å². The summed E-state index contributed by atoms with van der Waals surface area (Å²) in [4.78, 5) is 0. The molecule has 0 saturated carbocycles. The SMILES string of the molecule is [Ag].[AlH3].[Ni].[SnH2]. The zero-order valence-electron chi connectivity index (χ0n) is 1.32. The van der Waals surface area contributed by atoms with Crippen LogP contribution in [-0.2, 0) is 38.9 Å². The maximum absolute atomic E-state index is 0. The third kappa shape index (κ3) is 8.82. The van der Waals surface area contributed by atoms with Gasteiger partial charge in [-0.05, 0) is 0 Å². The summed E-state index contributed by atoms with van der Waals surface area (Å²) in [6, 6.07) is 0. The van der Waals surface area contributed by atoms with Gasteiger partial charge in [-0.1, -0.05) is 0 Å². The molecule has 0 aromatic heterocycles. The number of rotatable bonds is 0. The Morgan fingerprint density at radius 1 is 1.00 bits per heavy atom. The molecule has 0 spiro atoms. The predicted molar refractivity (Wildman–Crippen MR) is 18.5 cm³/mol. The van der Waals surface area contributed by atoms with Crippen molar-refractivity contribution in [2.45, 2.75) is 0 Å². The molecule has 0 heterocycles. The van der Waals surface area contributed by atoms with Crippen LogP contribution in [0.25, 0.3) is 0 Å². The summed E-state index contributed by atoms with van der Waals surface area (Å²) in [7, 11) is 0. The van der Waals surface area contributed by atoms with E-state index < -0.39 is 0 Å². The fourth-order valence-electron chi connectivity index (χ4n) is 0. The summed E-state index contributed by atoms with van der Waals surface area (Å²) in [6.45, 7) is 0. The van der Waals surface area contributed by atoms with E-state index in [2.05, 4.69) is 0 Å². The van der Waals surface area contributed by atoms with E-state index in [0.717, 1.165) is 0 Å². The average molecular weight is 317 g/mol. The van der Waals surface area contributed by atoms with E-state index in [-0.39, 0.29) is 80.1 Å². The van der Waals surface area contributed by atoms with E-state index in [9.17, 15) is 0 Å². The van der Waals surface area contributed by atoms with Crippen LogP contribution in [0, 0.1) is 0 Å². The van der Waals surface area contributed by atoms with Crippen LogP contribution in [0.2, 0.25) is 0 Å². The van der Waals surface area contributed by atoms with Crippen molar-refractivity contribution in [2.24, 2.45) is 0 Å². The van der Waals surface area contributed by atoms with Crippen LogP contribution in [0.1, 0.15) is 0 Å². The minimum absolute atomic E-state index is 0. The molecule has 4 heavy (non-hydrogen) atoms. The molecule has 0 aliphatic heterocycles. The zero-order valence-corrected chi connectivity index (χ0v) is 7.83. The van der Waals surface area contributed by atoms with Gasteiger partial charge in [0.2, 0.25) is 0 Å². The molecule has 0 aliphatic rings. The Morgan fingerprint density at radius 3 is 1.00 bits per heavy atom.